The van der Waals surface area contributed by atoms with Crippen molar-refractivity contribution in [3.8, 4) is 56.3 Å². The van der Waals surface area contributed by atoms with Crippen LogP contribution in [-0.4, -0.2) is 19.1 Å². The predicted molar refractivity (Wildman–Crippen MR) is 259 cm³/mol. The van der Waals surface area contributed by atoms with Crippen LogP contribution in [0.4, 0.5) is 0 Å². The summed E-state index contributed by atoms with van der Waals surface area (Å²) in [7, 11) is 0. The van der Waals surface area contributed by atoms with Gasteiger partial charge in [-0.3, -0.25) is 0 Å². The molecule has 0 radical (unpaired) electrons. The monoisotopic (exact) mass is 786 g/mol. The van der Waals surface area contributed by atoms with Crippen LogP contribution in [0.1, 0.15) is 0 Å². The van der Waals surface area contributed by atoms with Gasteiger partial charge in [-0.05, 0) is 105 Å². The van der Waals surface area contributed by atoms with Gasteiger partial charge in [-0.25, -0.2) is 9.97 Å². The SMILES string of the molecule is c1ccc(-n2c3ccccc3c3cc(-c4ccc5c(c4)c4ccc6ccccc6c4n5-c4ccc5cc(-c6nc7c8c(cccc8n6)-c6ccccc6-7)ccc5c4)ccc32)cc1. The van der Waals surface area contributed by atoms with Crippen LogP contribution in [0.3, 0.4) is 0 Å². The molecule has 286 valence electrons. The second kappa shape index (κ2) is 12.6. The minimum atomic E-state index is 0.748. The Morgan fingerprint density at radius 1 is 0.323 bits per heavy atom. The zero-order chi connectivity index (χ0) is 40.5. The van der Waals surface area contributed by atoms with Gasteiger partial charge in [-0.2, -0.15) is 0 Å². The minimum Gasteiger partial charge on any atom is -0.309 e. The number of fused-ring (bicyclic) bond motifs is 12. The molecule has 0 saturated carbocycles. The second-order valence-corrected chi connectivity index (χ2v) is 16.6. The fourth-order valence-corrected chi connectivity index (χ4v) is 10.4. The summed E-state index contributed by atoms with van der Waals surface area (Å²) >= 11 is 0. The van der Waals surface area contributed by atoms with Gasteiger partial charge in [0.05, 0.1) is 33.3 Å². The molecule has 0 spiro atoms. The Morgan fingerprint density at radius 2 is 0.968 bits per heavy atom. The van der Waals surface area contributed by atoms with Crippen molar-refractivity contribution in [1.82, 2.24) is 19.1 Å². The lowest BCUT2D eigenvalue weighted by Crippen LogP contribution is -1.95. The summed E-state index contributed by atoms with van der Waals surface area (Å²) in [6, 6.07) is 75.1. The molecule has 0 bridgehead atoms. The Morgan fingerprint density at radius 3 is 1.84 bits per heavy atom. The average molecular weight is 787 g/mol. The van der Waals surface area contributed by atoms with Crippen LogP contribution in [0.15, 0.2) is 206 Å². The highest BCUT2D eigenvalue weighted by Crippen LogP contribution is 2.46. The van der Waals surface area contributed by atoms with Crippen LogP contribution in [0, 0.1) is 0 Å². The quantitative estimate of drug-likeness (QED) is 0.178. The van der Waals surface area contributed by atoms with Gasteiger partial charge in [0, 0.05) is 54.8 Å². The van der Waals surface area contributed by atoms with Gasteiger partial charge in [0.1, 0.15) is 0 Å². The molecule has 14 rings (SSSR count). The summed E-state index contributed by atoms with van der Waals surface area (Å²) < 4.78 is 4.84. The molecule has 62 heavy (non-hydrogen) atoms. The number of rotatable bonds is 4. The number of hydrogen-bond acceptors (Lipinski definition) is 2. The Hall–Kier alpha value is -8.34. The standard InChI is InChI=1S/C58H34N4/c1-2-12-41(13-3-1)61-52-20-9-8-16-45(52)49-33-38(25-29-53(49)61)39-26-30-54-50(34-39)48-28-24-35-11-4-5-14-43(35)57(48)62(54)42-27-23-36-31-40(22-21-37(36)32-42)58-59-51-19-10-18-46-44-15-6-7-17-47(44)56(60-58)55(46)51/h1-34H. The Labute approximate surface area is 356 Å². The number of aromatic nitrogens is 4. The van der Waals surface area contributed by atoms with Crippen molar-refractivity contribution in [2.75, 3.05) is 0 Å². The summed E-state index contributed by atoms with van der Waals surface area (Å²) in [6.45, 7) is 0. The lowest BCUT2D eigenvalue weighted by molar-refractivity contribution is 1.18. The number of hydrogen-bond donors (Lipinski definition) is 0. The van der Waals surface area contributed by atoms with Gasteiger partial charge < -0.3 is 9.13 Å². The highest BCUT2D eigenvalue weighted by Gasteiger charge is 2.24. The lowest BCUT2D eigenvalue weighted by atomic mass is 10.00. The van der Waals surface area contributed by atoms with E-state index in [2.05, 4.69) is 215 Å². The smallest absolute Gasteiger partial charge is 0.160 e. The number of para-hydroxylation sites is 2. The van der Waals surface area contributed by atoms with Crippen LogP contribution in [0.5, 0.6) is 0 Å². The van der Waals surface area contributed by atoms with Crippen molar-refractivity contribution >= 4 is 76.1 Å². The molecule has 0 fully saturated rings. The lowest BCUT2D eigenvalue weighted by Gasteiger charge is -2.12. The van der Waals surface area contributed by atoms with Crippen molar-refractivity contribution in [3.63, 3.8) is 0 Å². The molecule has 0 aliphatic heterocycles. The third-order valence-electron chi connectivity index (χ3n) is 13.2. The molecule has 3 aromatic heterocycles. The first kappa shape index (κ1) is 33.5. The van der Waals surface area contributed by atoms with E-state index in [0.717, 1.165) is 39.1 Å². The molecule has 0 N–H and O–H groups in total. The molecule has 0 saturated heterocycles. The summed E-state index contributed by atoms with van der Waals surface area (Å²) in [5.74, 6) is 0.748. The zero-order valence-corrected chi connectivity index (χ0v) is 33.4. The van der Waals surface area contributed by atoms with E-state index < -0.39 is 0 Å². The van der Waals surface area contributed by atoms with Gasteiger partial charge in [0.25, 0.3) is 0 Å². The fourth-order valence-electron chi connectivity index (χ4n) is 10.4. The molecule has 4 nitrogen and oxygen atoms in total. The highest BCUT2D eigenvalue weighted by molar-refractivity contribution is 6.20. The van der Waals surface area contributed by atoms with E-state index in [-0.39, 0.29) is 0 Å². The molecule has 1 aliphatic carbocycles. The summed E-state index contributed by atoms with van der Waals surface area (Å²) in [5.41, 5.74) is 16.1. The van der Waals surface area contributed by atoms with E-state index in [0.29, 0.717) is 0 Å². The maximum atomic E-state index is 5.20. The predicted octanol–water partition coefficient (Wildman–Crippen LogP) is 15.1. The largest absolute Gasteiger partial charge is 0.309 e. The van der Waals surface area contributed by atoms with Crippen molar-refractivity contribution in [2.24, 2.45) is 0 Å². The second-order valence-electron chi connectivity index (χ2n) is 16.6. The van der Waals surface area contributed by atoms with E-state index in [1.54, 1.807) is 0 Å². The van der Waals surface area contributed by atoms with Crippen LogP contribution in [0.25, 0.3) is 132 Å². The van der Waals surface area contributed by atoms with E-state index in [1.807, 2.05) is 0 Å². The van der Waals surface area contributed by atoms with Crippen molar-refractivity contribution in [1.29, 1.82) is 0 Å². The molecule has 0 atom stereocenters. The molecule has 13 aromatic rings. The van der Waals surface area contributed by atoms with Gasteiger partial charge in [0.2, 0.25) is 0 Å². The maximum Gasteiger partial charge on any atom is 0.160 e. The normalized spacial score (nSPS) is 12.2. The van der Waals surface area contributed by atoms with E-state index in [4.69, 9.17) is 9.97 Å². The number of benzene rings is 10. The third-order valence-corrected chi connectivity index (χ3v) is 13.2. The Bertz CT molecular complexity index is 4040. The van der Waals surface area contributed by atoms with E-state index in [9.17, 15) is 0 Å². The maximum absolute atomic E-state index is 5.20. The van der Waals surface area contributed by atoms with Crippen molar-refractivity contribution in [2.45, 2.75) is 0 Å². The molecular formula is C58H34N4. The molecule has 10 aromatic carbocycles. The van der Waals surface area contributed by atoms with Gasteiger partial charge in [0.15, 0.2) is 5.82 Å². The molecule has 0 amide bonds. The van der Waals surface area contributed by atoms with Crippen LogP contribution < -0.4 is 0 Å². The third kappa shape index (κ3) is 4.72. The first-order valence-electron chi connectivity index (χ1n) is 21.2. The molecule has 1 aliphatic rings. The Kier molecular flexibility index (Phi) is 6.80. The van der Waals surface area contributed by atoms with Crippen molar-refractivity contribution in [3.05, 3.63) is 206 Å². The molecule has 3 heterocycles. The first-order valence-corrected chi connectivity index (χ1v) is 21.2. The number of nitrogens with zero attached hydrogens (tertiary/aromatic N) is 4. The van der Waals surface area contributed by atoms with Crippen molar-refractivity contribution < 1.29 is 0 Å². The van der Waals surface area contributed by atoms with Crippen LogP contribution in [-0.2, 0) is 0 Å². The van der Waals surface area contributed by atoms with Gasteiger partial charge in [-0.1, -0.05) is 140 Å². The first-order chi connectivity index (χ1) is 30.7. The van der Waals surface area contributed by atoms with Crippen LogP contribution in [0.2, 0.25) is 0 Å². The van der Waals surface area contributed by atoms with E-state index >= 15 is 0 Å². The topological polar surface area (TPSA) is 35.6 Å². The highest BCUT2D eigenvalue weighted by atomic mass is 15.0. The van der Waals surface area contributed by atoms with Gasteiger partial charge in [-0.15, -0.1) is 0 Å². The average Bonchev–Trinajstić information content (AvgIpc) is 3.97. The molecule has 0 unspecified atom stereocenters. The summed E-state index contributed by atoms with van der Waals surface area (Å²) in [6.07, 6.45) is 0. The van der Waals surface area contributed by atoms with Gasteiger partial charge >= 0.3 is 0 Å². The van der Waals surface area contributed by atoms with Crippen LogP contribution >= 0.6 is 0 Å². The fraction of sp³-hybridized carbons (Fsp3) is 0. The van der Waals surface area contributed by atoms with E-state index in [1.165, 1.54) is 93.3 Å². The Balaban J connectivity index is 0.917. The molecular weight excluding hydrogens is 753 g/mol. The minimum absolute atomic E-state index is 0.748. The summed E-state index contributed by atoms with van der Waals surface area (Å²) in [5, 5.41) is 10.9. The zero-order valence-electron chi connectivity index (χ0n) is 33.4. The summed E-state index contributed by atoms with van der Waals surface area (Å²) in [4.78, 5) is 10.3. The molecule has 4 heteroatoms.